The average Bonchev–Trinajstić information content (AvgIpc) is 3.01. The van der Waals surface area contributed by atoms with Crippen molar-refractivity contribution >= 4 is 17.4 Å². The van der Waals surface area contributed by atoms with Crippen LogP contribution in [0.3, 0.4) is 0 Å². The van der Waals surface area contributed by atoms with Crippen LogP contribution in [0.5, 0.6) is 17.4 Å². The molecule has 0 amide bonds. The number of rotatable bonds is 6. The number of fused-ring (bicyclic) bond motifs is 3. The van der Waals surface area contributed by atoms with E-state index in [0.717, 1.165) is 22.6 Å². The first-order valence-electron chi connectivity index (χ1n) is 10.6. The molecule has 0 bridgehead atoms. The number of nitrogens with one attached hydrogen (secondary N) is 1. The predicted molar refractivity (Wildman–Crippen MR) is 128 cm³/mol. The molecule has 0 saturated carbocycles. The van der Waals surface area contributed by atoms with E-state index in [9.17, 15) is 5.11 Å². The highest BCUT2D eigenvalue weighted by Crippen LogP contribution is 2.40. The molecule has 0 saturated heterocycles. The van der Waals surface area contributed by atoms with Gasteiger partial charge in [-0.05, 0) is 36.8 Å². The summed E-state index contributed by atoms with van der Waals surface area (Å²) in [6, 6.07) is 23.1. The van der Waals surface area contributed by atoms with Gasteiger partial charge in [-0.3, -0.25) is 0 Å². The summed E-state index contributed by atoms with van der Waals surface area (Å²) in [6.45, 7) is 2.32. The lowest BCUT2D eigenvalue weighted by Gasteiger charge is -2.20. The zero-order valence-electron chi connectivity index (χ0n) is 17.9. The number of nitrogens with zero attached hydrogens (tertiary/aromatic N) is 3. The molecular weight excluding hydrogens is 436 g/mol. The summed E-state index contributed by atoms with van der Waals surface area (Å²) in [5.41, 5.74) is 4.26. The minimum atomic E-state index is -0.559. The largest absolute Gasteiger partial charge is 0.504 e. The first kappa shape index (κ1) is 21.1. The fraction of sp³-hybridized carbons (Fsp3) is 0.160. The molecule has 3 aromatic carbocycles. The van der Waals surface area contributed by atoms with Crippen molar-refractivity contribution in [2.75, 3.05) is 11.9 Å². The van der Waals surface area contributed by atoms with Crippen LogP contribution < -0.4 is 14.8 Å². The second kappa shape index (κ2) is 9.38. The third-order valence-electron chi connectivity index (χ3n) is 5.13. The van der Waals surface area contributed by atoms with Crippen molar-refractivity contribution in [2.24, 2.45) is 0 Å². The van der Waals surface area contributed by atoms with Crippen molar-refractivity contribution in [2.45, 2.75) is 24.1 Å². The van der Waals surface area contributed by atoms with Crippen molar-refractivity contribution < 1.29 is 14.6 Å². The molecular formula is C25H22N4O3S. The lowest BCUT2D eigenvalue weighted by Crippen LogP contribution is -2.17. The molecule has 4 aromatic rings. The van der Waals surface area contributed by atoms with Gasteiger partial charge in [0.05, 0.1) is 6.61 Å². The number of benzene rings is 3. The number of phenolic OH excluding ortho intramolecular Hbond substituents is 1. The molecule has 1 unspecified atom stereocenters. The maximum atomic E-state index is 10.1. The first-order valence-corrected chi connectivity index (χ1v) is 11.6. The lowest BCUT2D eigenvalue weighted by molar-refractivity contribution is 0.224. The van der Waals surface area contributed by atoms with E-state index in [4.69, 9.17) is 9.47 Å². The number of para-hydroxylation sites is 1. The van der Waals surface area contributed by atoms with Gasteiger partial charge in [-0.25, -0.2) is 0 Å². The summed E-state index contributed by atoms with van der Waals surface area (Å²) >= 11 is 1.50. The van der Waals surface area contributed by atoms with Crippen LogP contribution >= 0.6 is 11.8 Å². The number of hydrogen-bond donors (Lipinski definition) is 2. The van der Waals surface area contributed by atoms with E-state index in [-0.39, 0.29) is 5.75 Å². The monoisotopic (exact) mass is 458 g/mol. The summed E-state index contributed by atoms with van der Waals surface area (Å²) in [7, 11) is 0. The molecule has 5 rings (SSSR count). The van der Waals surface area contributed by atoms with Gasteiger partial charge in [-0.15, -0.1) is 10.2 Å². The third-order valence-corrected chi connectivity index (χ3v) is 6.04. The van der Waals surface area contributed by atoms with E-state index < -0.39 is 6.23 Å². The Hall–Kier alpha value is -3.78. The Morgan fingerprint density at radius 1 is 1.03 bits per heavy atom. The molecule has 1 aliphatic heterocycles. The predicted octanol–water partition coefficient (Wildman–Crippen LogP) is 5.44. The van der Waals surface area contributed by atoms with Crippen molar-refractivity contribution in [1.29, 1.82) is 0 Å². The van der Waals surface area contributed by atoms with E-state index in [1.54, 1.807) is 18.2 Å². The Bertz CT molecular complexity index is 1270. The van der Waals surface area contributed by atoms with Gasteiger partial charge in [0.25, 0.3) is 0 Å². The second-order valence-corrected chi connectivity index (χ2v) is 8.31. The molecule has 166 valence electrons. The topological polar surface area (TPSA) is 89.4 Å². The standard InChI is InChI=1S/C25H22N4O3S/c1-2-31-21-14-17(12-13-20(21)30)23-26-19-11-7-6-10-18(19)22-24(32-23)27-25(29-28-22)33-15-16-8-4-3-5-9-16/h3-14,23,26,30H,2,15H2,1H3. The van der Waals surface area contributed by atoms with Gasteiger partial charge in [0.1, 0.15) is 0 Å². The number of ether oxygens (including phenoxy) is 2. The fourth-order valence-corrected chi connectivity index (χ4v) is 4.28. The van der Waals surface area contributed by atoms with Crippen molar-refractivity contribution in [1.82, 2.24) is 15.2 Å². The van der Waals surface area contributed by atoms with Crippen LogP contribution in [-0.4, -0.2) is 26.9 Å². The highest BCUT2D eigenvalue weighted by Gasteiger charge is 2.26. The molecule has 1 atom stereocenters. The van der Waals surface area contributed by atoms with Gasteiger partial charge >= 0.3 is 0 Å². The molecule has 2 heterocycles. The van der Waals surface area contributed by atoms with Crippen LogP contribution in [0.4, 0.5) is 5.69 Å². The number of aromatic nitrogens is 3. The minimum absolute atomic E-state index is 0.0820. The molecule has 7 nitrogen and oxygen atoms in total. The molecule has 33 heavy (non-hydrogen) atoms. The molecule has 2 N–H and O–H groups in total. The molecule has 0 spiro atoms. The minimum Gasteiger partial charge on any atom is -0.504 e. The van der Waals surface area contributed by atoms with Crippen LogP contribution in [0.15, 0.2) is 78.0 Å². The fourth-order valence-electron chi connectivity index (χ4n) is 3.55. The average molecular weight is 459 g/mol. The van der Waals surface area contributed by atoms with E-state index in [0.29, 0.717) is 29.1 Å². The van der Waals surface area contributed by atoms with E-state index >= 15 is 0 Å². The normalized spacial score (nSPS) is 14.3. The molecule has 0 radical (unpaired) electrons. The number of aromatic hydroxyl groups is 1. The summed E-state index contributed by atoms with van der Waals surface area (Å²) < 4.78 is 11.9. The van der Waals surface area contributed by atoms with Crippen LogP contribution in [0.2, 0.25) is 0 Å². The van der Waals surface area contributed by atoms with Gasteiger partial charge in [0.2, 0.25) is 11.0 Å². The maximum absolute atomic E-state index is 10.1. The van der Waals surface area contributed by atoms with Crippen LogP contribution in [0, 0.1) is 0 Å². The van der Waals surface area contributed by atoms with Gasteiger partial charge in [0, 0.05) is 22.6 Å². The van der Waals surface area contributed by atoms with E-state index in [2.05, 4.69) is 32.6 Å². The van der Waals surface area contributed by atoms with Gasteiger partial charge in [0.15, 0.2) is 23.4 Å². The van der Waals surface area contributed by atoms with Crippen LogP contribution in [0.25, 0.3) is 11.3 Å². The Morgan fingerprint density at radius 3 is 2.70 bits per heavy atom. The first-order chi connectivity index (χ1) is 16.2. The van der Waals surface area contributed by atoms with Gasteiger partial charge < -0.3 is 19.9 Å². The van der Waals surface area contributed by atoms with E-state index in [1.807, 2.05) is 49.4 Å². The maximum Gasteiger partial charge on any atom is 0.247 e. The molecule has 0 aliphatic carbocycles. The Balaban J connectivity index is 1.50. The van der Waals surface area contributed by atoms with Gasteiger partial charge in [-0.1, -0.05) is 60.3 Å². The quantitative estimate of drug-likeness (QED) is 0.369. The Kier molecular flexibility index (Phi) is 5.99. The Labute approximate surface area is 195 Å². The van der Waals surface area contributed by atoms with E-state index in [1.165, 1.54) is 17.3 Å². The summed E-state index contributed by atoms with van der Waals surface area (Å²) in [4.78, 5) is 4.69. The number of phenols is 1. The van der Waals surface area contributed by atoms with Gasteiger partial charge in [-0.2, -0.15) is 4.98 Å². The van der Waals surface area contributed by atoms with Crippen molar-refractivity contribution in [3.8, 4) is 28.6 Å². The highest BCUT2D eigenvalue weighted by atomic mass is 32.2. The second-order valence-electron chi connectivity index (χ2n) is 7.37. The zero-order chi connectivity index (χ0) is 22.6. The summed E-state index contributed by atoms with van der Waals surface area (Å²) in [6.07, 6.45) is -0.559. The third kappa shape index (κ3) is 4.56. The van der Waals surface area contributed by atoms with Crippen molar-refractivity contribution in [3.63, 3.8) is 0 Å². The molecule has 1 aromatic heterocycles. The lowest BCUT2D eigenvalue weighted by atomic mass is 10.1. The van der Waals surface area contributed by atoms with Crippen LogP contribution in [0.1, 0.15) is 24.3 Å². The Morgan fingerprint density at radius 2 is 1.85 bits per heavy atom. The molecule has 1 aliphatic rings. The number of thioether (sulfide) groups is 1. The number of anilines is 1. The van der Waals surface area contributed by atoms with Crippen LogP contribution in [-0.2, 0) is 5.75 Å². The highest BCUT2D eigenvalue weighted by molar-refractivity contribution is 7.98. The van der Waals surface area contributed by atoms with Crippen molar-refractivity contribution in [3.05, 3.63) is 83.9 Å². The molecule has 0 fully saturated rings. The SMILES string of the molecule is CCOc1cc(C2Nc3ccccc3-c3nnc(SCc4ccccc4)nc3O2)ccc1O. The summed E-state index contributed by atoms with van der Waals surface area (Å²) in [5, 5.41) is 22.9. The number of hydrogen-bond acceptors (Lipinski definition) is 8. The smallest absolute Gasteiger partial charge is 0.247 e. The summed E-state index contributed by atoms with van der Waals surface area (Å²) in [5.74, 6) is 1.61. The molecule has 8 heteroatoms. The zero-order valence-corrected chi connectivity index (χ0v) is 18.7.